The Morgan fingerprint density at radius 1 is 1.30 bits per heavy atom. The first-order chi connectivity index (χ1) is 11.2. The van der Waals surface area contributed by atoms with E-state index in [0.717, 1.165) is 32.4 Å². The third-order valence-electron chi connectivity index (χ3n) is 5.03. The minimum absolute atomic E-state index is 0.0506. The number of carbonyl (C=O) groups is 1. The first-order valence-electron chi connectivity index (χ1n) is 8.26. The molecule has 2 aromatic rings. The van der Waals surface area contributed by atoms with E-state index in [1.165, 1.54) is 6.07 Å². The molecule has 1 aliphatic carbocycles. The van der Waals surface area contributed by atoms with Gasteiger partial charge in [0.15, 0.2) is 0 Å². The van der Waals surface area contributed by atoms with Gasteiger partial charge in [-0.2, -0.15) is 5.10 Å². The van der Waals surface area contributed by atoms with Crippen LogP contribution in [0, 0.1) is 11.7 Å². The van der Waals surface area contributed by atoms with Crippen LogP contribution in [-0.4, -0.2) is 33.2 Å². The van der Waals surface area contributed by atoms with Gasteiger partial charge in [-0.15, -0.1) is 0 Å². The summed E-state index contributed by atoms with van der Waals surface area (Å²) in [6.45, 7) is 1.56. The van der Waals surface area contributed by atoms with E-state index < -0.39 is 0 Å². The molecule has 120 valence electrons. The lowest BCUT2D eigenvalue weighted by Gasteiger charge is -2.25. The molecule has 1 saturated carbocycles. The van der Waals surface area contributed by atoms with Crippen molar-refractivity contribution in [2.45, 2.75) is 37.8 Å². The molecule has 1 amide bonds. The second kappa shape index (κ2) is 5.80. The summed E-state index contributed by atoms with van der Waals surface area (Å²) in [5.74, 6) is -0.00463. The van der Waals surface area contributed by atoms with E-state index in [9.17, 15) is 9.18 Å². The summed E-state index contributed by atoms with van der Waals surface area (Å²) in [5.41, 5.74) is 0.689. The molecule has 23 heavy (non-hydrogen) atoms. The van der Waals surface area contributed by atoms with Gasteiger partial charge in [0.05, 0.1) is 12.6 Å². The smallest absolute Gasteiger partial charge is 0.226 e. The molecule has 4 nitrogen and oxygen atoms in total. The van der Waals surface area contributed by atoms with Gasteiger partial charge >= 0.3 is 0 Å². The molecule has 0 spiro atoms. The van der Waals surface area contributed by atoms with Gasteiger partial charge in [0.2, 0.25) is 5.91 Å². The van der Waals surface area contributed by atoms with Crippen LogP contribution in [0.4, 0.5) is 4.39 Å². The lowest BCUT2D eigenvalue weighted by Crippen LogP contribution is -2.39. The lowest BCUT2D eigenvalue weighted by molar-refractivity contribution is -0.133. The van der Waals surface area contributed by atoms with Gasteiger partial charge in [-0.1, -0.05) is 18.2 Å². The summed E-state index contributed by atoms with van der Waals surface area (Å²) in [7, 11) is 0. The van der Waals surface area contributed by atoms with Crippen LogP contribution in [0.5, 0.6) is 0 Å². The molecule has 0 N–H and O–H groups in total. The van der Waals surface area contributed by atoms with Gasteiger partial charge < -0.3 is 4.90 Å². The first kappa shape index (κ1) is 14.4. The minimum Gasteiger partial charge on any atom is -0.338 e. The van der Waals surface area contributed by atoms with E-state index in [1.807, 2.05) is 27.9 Å². The number of likely N-dealkylation sites (tertiary alicyclic amines) is 1. The van der Waals surface area contributed by atoms with Crippen molar-refractivity contribution in [1.82, 2.24) is 14.7 Å². The van der Waals surface area contributed by atoms with Gasteiger partial charge in [-0.3, -0.25) is 9.48 Å². The second-order valence-electron chi connectivity index (χ2n) is 6.53. The summed E-state index contributed by atoms with van der Waals surface area (Å²) < 4.78 is 15.8. The number of aromatic nitrogens is 2. The minimum atomic E-state index is -0.192. The van der Waals surface area contributed by atoms with Crippen LogP contribution in [0.25, 0.3) is 0 Å². The number of benzene rings is 1. The zero-order valence-electron chi connectivity index (χ0n) is 12.9. The normalized spacial score (nSPS) is 26.5. The van der Waals surface area contributed by atoms with Crippen molar-refractivity contribution in [3.05, 3.63) is 54.1 Å². The van der Waals surface area contributed by atoms with Crippen LogP contribution in [0.1, 0.15) is 30.7 Å². The van der Waals surface area contributed by atoms with Crippen molar-refractivity contribution in [3.63, 3.8) is 0 Å². The molecule has 3 unspecified atom stereocenters. The standard InChI is InChI=1S/C18H20FN3O/c19-17-7-2-1-6-14(17)15-11-16(15)18(23)22-10-3-5-13(22)12-21-9-4-8-20-21/h1-2,4,6-9,13,15-16H,3,5,10-12H2. The molecule has 4 rings (SSSR count). The number of halogens is 1. The highest BCUT2D eigenvalue weighted by Crippen LogP contribution is 2.49. The Hall–Kier alpha value is -2.17. The van der Waals surface area contributed by atoms with Crippen LogP contribution >= 0.6 is 0 Å². The predicted molar refractivity (Wildman–Crippen MR) is 84.2 cm³/mol. The van der Waals surface area contributed by atoms with Crippen LogP contribution in [0.3, 0.4) is 0 Å². The molecule has 2 heterocycles. The lowest BCUT2D eigenvalue weighted by atomic mass is 10.1. The SMILES string of the molecule is O=C(C1CC1c1ccccc1F)N1CCCC1Cn1cccn1. The summed E-state index contributed by atoms with van der Waals surface area (Å²) in [5, 5.41) is 4.24. The van der Waals surface area contributed by atoms with Gasteiger partial charge in [-0.05, 0) is 42.9 Å². The van der Waals surface area contributed by atoms with Crippen molar-refractivity contribution in [3.8, 4) is 0 Å². The highest BCUT2D eigenvalue weighted by molar-refractivity contribution is 5.83. The molecule has 3 atom stereocenters. The van der Waals surface area contributed by atoms with Gasteiger partial charge in [0, 0.05) is 24.9 Å². The third-order valence-corrected chi connectivity index (χ3v) is 5.03. The van der Waals surface area contributed by atoms with Crippen molar-refractivity contribution in [1.29, 1.82) is 0 Å². The molecule has 1 aliphatic heterocycles. The van der Waals surface area contributed by atoms with E-state index in [0.29, 0.717) is 5.56 Å². The number of amides is 1. The first-order valence-corrected chi connectivity index (χ1v) is 8.26. The Bertz CT molecular complexity index is 700. The summed E-state index contributed by atoms with van der Waals surface area (Å²) in [6.07, 6.45) is 6.51. The summed E-state index contributed by atoms with van der Waals surface area (Å²) in [6, 6.07) is 8.93. The number of carbonyl (C=O) groups excluding carboxylic acids is 1. The Labute approximate surface area is 134 Å². The Morgan fingerprint density at radius 2 is 2.17 bits per heavy atom. The fourth-order valence-electron chi connectivity index (χ4n) is 3.74. The third kappa shape index (κ3) is 2.76. The average Bonchev–Trinajstić information content (AvgIpc) is 2.95. The van der Waals surface area contributed by atoms with Gasteiger partial charge in [0.1, 0.15) is 5.82 Å². The molecule has 1 aromatic heterocycles. The number of hydrogen-bond donors (Lipinski definition) is 0. The van der Waals surface area contributed by atoms with E-state index in [2.05, 4.69) is 5.10 Å². The average molecular weight is 313 g/mol. The maximum atomic E-state index is 13.9. The van der Waals surface area contributed by atoms with Crippen LogP contribution in [0.15, 0.2) is 42.7 Å². The molecule has 1 saturated heterocycles. The topological polar surface area (TPSA) is 38.1 Å². The monoisotopic (exact) mass is 313 g/mol. The highest BCUT2D eigenvalue weighted by atomic mass is 19.1. The maximum Gasteiger partial charge on any atom is 0.226 e. The highest BCUT2D eigenvalue weighted by Gasteiger charge is 2.48. The molecule has 5 heteroatoms. The second-order valence-corrected chi connectivity index (χ2v) is 6.53. The van der Waals surface area contributed by atoms with Crippen LogP contribution < -0.4 is 0 Å². The van der Waals surface area contributed by atoms with Crippen molar-refractivity contribution >= 4 is 5.91 Å². The van der Waals surface area contributed by atoms with Gasteiger partial charge in [-0.25, -0.2) is 4.39 Å². The molecule has 0 radical (unpaired) electrons. The molecule has 2 aliphatic rings. The van der Waals surface area contributed by atoms with E-state index in [-0.39, 0.29) is 29.6 Å². The van der Waals surface area contributed by atoms with Crippen molar-refractivity contribution in [2.24, 2.45) is 5.92 Å². The van der Waals surface area contributed by atoms with E-state index in [1.54, 1.807) is 18.3 Å². The molecular weight excluding hydrogens is 293 g/mol. The quantitative estimate of drug-likeness (QED) is 0.870. The zero-order valence-corrected chi connectivity index (χ0v) is 12.9. The Kier molecular flexibility index (Phi) is 3.63. The number of hydrogen-bond acceptors (Lipinski definition) is 2. The Balaban J connectivity index is 1.44. The summed E-state index contributed by atoms with van der Waals surface area (Å²) >= 11 is 0. The fourth-order valence-corrected chi connectivity index (χ4v) is 3.74. The Morgan fingerprint density at radius 3 is 2.96 bits per heavy atom. The number of nitrogens with zero attached hydrogens (tertiary/aromatic N) is 3. The maximum absolute atomic E-state index is 13.9. The predicted octanol–water partition coefficient (Wildman–Crippen LogP) is 2.82. The molecule has 1 aromatic carbocycles. The summed E-state index contributed by atoms with van der Waals surface area (Å²) in [4.78, 5) is 14.8. The van der Waals surface area contributed by atoms with Crippen LogP contribution in [-0.2, 0) is 11.3 Å². The fraction of sp³-hybridized carbons (Fsp3) is 0.444. The van der Waals surface area contributed by atoms with Gasteiger partial charge in [0.25, 0.3) is 0 Å². The van der Waals surface area contributed by atoms with E-state index in [4.69, 9.17) is 0 Å². The van der Waals surface area contributed by atoms with Crippen LogP contribution in [0.2, 0.25) is 0 Å². The zero-order chi connectivity index (χ0) is 15.8. The molecular formula is C18H20FN3O. The van der Waals surface area contributed by atoms with Crippen molar-refractivity contribution in [2.75, 3.05) is 6.54 Å². The molecule has 0 bridgehead atoms. The van der Waals surface area contributed by atoms with Crippen molar-refractivity contribution < 1.29 is 9.18 Å². The van der Waals surface area contributed by atoms with E-state index >= 15 is 0 Å². The number of rotatable bonds is 4. The molecule has 2 fully saturated rings. The largest absolute Gasteiger partial charge is 0.338 e.